The Bertz CT molecular complexity index is 250. The summed E-state index contributed by atoms with van der Waals surface area (Å²) in [4.78, 5) is 0. The van der Waals surface area contributed by atoms with Gasteiger partial charge in [-0.2, -0.15) is 5.10 Å². The van der Waals surface area contributed by atoms with Crippen molar-refractivity contribution in [2.75, 3.05) is 6.61 Å². The number of aliphatic hydroxyl groups excluding tert-OH is 1. The average Bonchev–Trinajstić information content (AvgIpc) is 2.72. The topological polar surface area (TPSA) is 38.0 Å². The highest BCUT2D eigenvalue weighted by molar-refractivity contribution is 4.80. The van der Waals surface area contributed by atoms with Crippen molar-refractivity contribution in [3.05, 3.63) is 18.5 Å². The molecule has 1 aliphatic carbocycles. The zero-order chi connectivity index (χ0) is 9.80. The number of aliphatic hydroxyl groups is 1. The lowest BCUT2D eigenvalue weighted by molar-refractivity contribution is 0.159. The van der Waals surface area contributed by atoms with Gasteiger partial charge in [0.05, 0.1) is 0 Å². The molecule has 0 aliphatic heterocycles. The highest BCUT2D eigenvalue weighted by atomic mass is 16.3. The summed E-state index contributed by atoms with van der Waals surface area (Å²) in [6.07, 6.45) is 8.71. The predicted molar refractivity (Wildman–Crippen MR) is 54.8 cm³/mol. The van der Waals surface area contributed by atoms with Gasteiger partial charge in [0.1, 0.15) is 0 Å². The van der Waals surface area contributed by atoms with Crippen LogP contribution in [0.1, 0.15) is 25.7 Å². The lowest BCUT2D eigenvalue weighted by Crippen LogP contribution is -2.20. The first-order chi connectivity index (χ1) is 6.88. The highest BCUT2D eigenvalue weighted by Crippen LogP contribution is 2.29. The average molecular weight is 194 g/mol. The van der Waals surface area contributed by atoms with Gasteiger partial charge in [0.2, 0.25) is 0 Å². The van der Waals surface area contributed by atoms with Crippen LogP contribution in [0, 0.1) is 11.8 Å². The summed E-state index contributed by atoms with van der Waals surface area (Å²) in [6.45, 7) is 1.42. The molecule has 0 saturated heterocycles. The van der Waals surface area contributed by atoms with Crippen molar-refractivity contribution in [3.8, 4) is 0 Å². The minimum atomic E-state index is 0.370. The van der Waals surface area contributed by atoms with Crippen LogP contribution in [0.5, 0.6) is 0 Å². The van der Waals surface area contributed by atoms with E-state index in [2.05, 4.69) is 5.10 Å². The van der Waals surface area contributed by atoms with Gasteiger partial charge in [-0.1, -0.05) is 0 Å². The Balaban J connectivity index is 1.79. The quantitative estimate of drug-likeness (QED) is 0.795. The maximum atomic E-state index is 9.02. The van der Waals surface area contributed by atoms with Crippen LogP contribution in [0.2, 0.25) is 0 Å². The monoisotopic (exact) mass is 194 g/mol. The maximum Gasteiger partial charge on any atom is 0.0489 e. The predicted octanol–water partition coefficient (Wildman–Crippen LogP) is 1.68. The summed E-state index contributed by atoms with van der Waals surface area (Å²) in [7, 11) is 0. The molecule has 0 unspecified atom stereocenters. The third-order valence-corrected chi connectivity index (χ3v) is 3.23. The Kier molecular flexibility index (Phi) is 3.19. The molecule has 3 heteroatoms. The number of aromatic nitrogens is 2. The number of hydrogen-bond acceptors (Lipinski definition) is 2. The van der Waals surface area contributed by atoms with Crippen LogP contribution in [0.4, 0.5) is 0 Å². The van der Waals surface area contributed by atoms with Crippen LogP contribution in [0.3, 0.4) is 0 Å². The summed E-state index contributed by atoms with van der Waals surface area (Å²) < 4.78 is 2.02. The molecule has 1 saturated carbocycles. The van der Waals surface area contributed by atoms with Gasteiger partial charge in [-0.3, -0.25) is 4.68 Å². The van der Waals surface area contributed by atoms with E-state index in [0.29, 0.717) is 12.5 Å². The van der Waals surface area contributed by atoms with Crippen LogP contribution in [0.15, 0.2) is 18.5 Å². The first-order valence-corrected chi connectivity index (χ1v) is 5.47. The summed E-state index contributed by atoms with van der Waals surface area (Å²) in [5.74, 6) is 1.32. The van der Waals surface area contributed by atoms with Crippen molar-refractivity contribution in [2.24, 2.45) is 11.8 Å². The molecule has 1 aliphatic rings. The van der Waals surface area contributed by atoms with Crippen molar-refractivity contribution in [1.29, 1.82) is 0 Å². The van der Waals surface area contributed by atoms with Crippen molar-refractivity contribution in [3.63, 3.8) is 0 Å². The fourth-order valence-corrected chi connectivity index (χ4v) is 2.27. The Hall–Kier alpha value is -0.830. The molecule has 0 aromatic carbocycles. The largest absolute Gasteiger partial charge is 0.396 e. The van der Waals surface area contributed by atoms with Crippen LogP contribution >= 0.6 is 0 Å². The minimum absolute atomic E-state index is 0.370. The summed E-state index contributed by atoms with van der Waals surface area (Å²) in [5, 5.41) is 13.2. The molecule has 0 radical (unpaired) electrons. The Labute approximate surface area is 84.7 Å². The van der Waals surface area contributed by atoms with Crippen LogP contribution in [0.25, 0.3) is 0 Å². The van der Waals surface area contributed by atoms with Gasteiger partial charge in [-0.15, -0.1) is 0 Å². The molecule has 0 bridgehead atoms. The summed E-state index contributed by atoms with van der Waals surface area (Å²) in [6, 6.07) is 1.97. The third-order valence-electron chi connectivity index (χ3n) is 3.23. The van der Waals surface area contributed by atoms with Crippen molar-refractivity contribution < 1.29 is 5.11 Å². The first kappa shape index (κ1) is 9.71. The van der Waals surface area contributed by atoms with Crippen LogP contribution in [-0.4, -0.2) is 21.5 Å². The maximum absolute atomic E-state index is 9.02. The normalized spacial score (nSPS) is 27.8. The molecule has 3 nitrogen and oxygen atoms in total. The molecule has 0 amide bonds. The lowest BCUT2D eigenvalue weighted by atomic mass is 9.82. The zero-order valence-corrected chi connectivity index (χ0v) is 8.47. The van der Waals surface area contributed by atoms with Crippen molar-refractivity contribution >= 4 is 0 Å². The lowest BCUT2D eigenvalue weighted by Gasteiger charge is -2.27. The Morgan fingerprint density at radius 3 is 2.50 bits per heavy atom. The van der Waals surface area contributed by atoms with Crippen LogP contribution in [-0.2, 0) is 6.54 Å². The van der Waals surface area contributed by atoms with E-state index in [1.54, 1.807) is 0 Å². The molecule has 2 rings (SSSR count). The molecule has 1 heterocycles. The molecule has 78 valence electrons. The summed E-state index contributed by atoms with van der Waals surface area (Å²) in [5.41, 5.74) is 0. The van der Waals surface area contributed by atoms with Gasteiger partial charge in [0.15, 0.2) is 0 Å². The van der Waals surface area contributed by atoms with E-state index in [4.69, 9.17) is 5.11 Å². The van der Waals surface area contributed by atoms with E-state index in [1.165, 1.54) is 25.7 Å². The van der Waals surface area contributed by atoms with Gasteiger partial charge in [0, 0.05) is 25.5 Å². The molecular weight excluding hydrogens is 176 g/mol. The first-order valence-electron chi connectivity index (χ1n) is 5.47. The second kappa shape index (κ2) is 4.60. The zero-order valence-electron chi connectivity index (χ0n) is 8.47. The number of rotatable bonds is 3. The standard InChI is InChI=1S/C11H18N2O/c14-9-11-4-2-10(3-5-11)8-13-7-1-6-12-13/h1,6-7,10-11,14H,2-5,8-9H2. The molecule has 1 aromatic heterocycles. The fourth-order valence-electron chi connectivity index (χ4n) is 2.27. The van der Waals surface area contributed by atoms with Crippen LogP contribution < -0.4 is 0 Å². The van der Waals surface area contributed by atoms with Gasteiger partial charge in [0.25, 0.3) is 0 Å². The second-order valence-corrected chi connectivity index (χ2v) is 4.30. The molecule has 1 N–H and O–H groups in total. The van der Waals surface area contributed by atoms with E-state index in [0.717, 1.165) is 12.5 Å². The highest BCUT2D eigenvalue weighted by Gasteiger charge is 2.20. The van der Waals surface area contributed by atoms with E-state index >= 15 is 0 Å². The van der Waals surface area contributed by atoms with Gasteiger partial charge in [-0.25, -0.2) is 0 Å². The number of hydrogen-bond donors (Lipinski definition) is 1. The summed E-state index contributed by atoms with van der Waals surface area (Å²) >= 11 is 0. The molecule has 0 atom stereocenters. The van der Waals surface area contributed by atoms with E-state index < -0.39 is 0 Å². The second-order valence-electron chi connectivity index (χ2n) is 4.30. The molecule has 14 heavy (non-hydrogen) atoms. The van der Waals surface area contributed by atoms with Gasteiger partial charge < -0.3 is 5.11 Å². The Morgan fingerprint density at radius 1 is 1.21 bits per heavy atom. The SMILES string of the molecule is OCC1CCC(Cn2cccn2)CC1. The van der Waals surface area contributed by atoms with Crippen molar-refractivity contribution in [1.82, 2.24) is 9.78 Å². The fraction of sp³-hybridized carbons (Fsp3) is 0.727. The van der Waals surface area contributed by atoms with Crippen molar-refractivity contribution in [2.45, 2.75) is 32.2 Å². The van der Waals surface area contributed by atoms with Gasteiger partial charge in [-0.05, 0) is 43.6 Å². The molecule has 1 aromatic rings. The Morgan fingerprint density at radius 2 is 1.93 bits per heavy atom. The molecule has 1 fully saturated rings. The van der Waals surface area contributed by atoms with E-state index in [-0.39, 0.29) is 0 Å². The molecule has 0 spiro atoms. The van der Waals surface area contributed by atoms with E-state index in [9.17, 15) is 0 Å². The van der Waals surface area contributed by atoms with Gasteiger partial charge >= 0.3 is 0 Å². The minimum Gasteiger partial charge on any atom is -0.396 e. The number of nitrogens with zero attached hydrogens (tertiary/aromatic N) is 2. The smallest absolute Gasteiger partial charge is 0.0489 e. The van der Waals surface area contributed by atoms with E-state index in [1.807, 2.05) is 23.1 Å². The third kappa shape index (κ3) is 2.35. The molecular formula is C11H18N2O.